The number of nitrogens with one attached hydrogen (secondary N) is 1. The molecule has 1 atom stereocenters. The summed E-state index contributed by atoms with van der Waals surface area (Å²) in [5, 5.41) is 11.1. The van der Waals surface area contributed by atoms with E-state index in [9.17, 15) is 0 Å². The Hall–Kier alpha value is -1.89. The molecule has 0 aliphatic carbocycles. The zero-order valence-electron chi connectivity index (χ0n) is 14.4. The molecular weight excluding hydrogens is 352 g/mol. The Morgan fingerprint density at radius 1 is 1.16 bits per heavy atom. The largest absolute Gasteiger partial charge is 0.493 e. The minimum Gasteiger partial charge on any atom is -0.493 e. The van der Waals surface area contributed by atoms with Crippen LogP contribution in [0, 0.1) is 0 Å². The van der Waals surface area contributed by atoms with E-state index in [-0.39, 0.29) is 6.04 Å². The number of rotatable bonds is 9. The number of aromatic nitrogens is 1. The number of methoxy groups -OCH3 is 1. The van der Waals surface area contributed by atoms with Crippen LogP contribution in [0.25, 0.3) is 0 Å². The van der Waals surface area contributed by atoms with Gasteiger partial charge in [0, 0.05) is 18.1 Å². The maximum atomic E-state index is 5.58. The minimum atomic E-state index is 0.201. The summed E-state index contributed by atoms with van der Waals surface area (Å²) in [6.07, 6.45) is 2.80. The second-order valence-electron chi connectivity index (χ2n) is 5.56. The molecule has 0 bridgehead atoms. The summed E-state index contributed by atoms with van der Waals surface area (Å²) in [4.78, 5) is 4.50. The van der Waals surface area contributed by atoms with Crippen LogP contribution in [0.3, 0.4) is 0 Å². The van der Waals surface area contributed by atoms with E-state index in [4.69, 9.17) is 9.47 Å². The highest BCUT2D eigenvalue weighted by molar-refractivity contribution is 7.09. The van der Waals surface area contributed by atoms with Crippen LogP contribution in [0.4, 0.5) is 0 Å². The number of thiophene rings is 1. The molecule has 2 heterocycles. The van der Waals surface area contributed by atoms with E-state index in [0.29, 0.717) is 6.61 Å². The van der Waals surface area contributed by atoms with Crippen LogP contribution in [-0.4, -0.2) is 18.7 Å². The van der Waals surface area contributed by atoms with Gasteiger partial charge in [0.25, 0.3) is 0 Å². The van der Waals surface area contributed by atoms with Crippen molar-refractivity contribution in [2.45, 2.75) is 25.9 Å². The van der Waals surface area contributed by atoms with Crippen LogP contribution in [0.15, 0.2) is 46.6 Å². The molecule has 4 nitrogen and oxygen atoms in total. The molecule has 6 heteroatoms. The minimum absolute atomic E-state index is 0.201. The molecule has 0 radical (unpaired) electrons. The first kappa shape index (κ1) is 17.9. The van der Waals surface area contributed by atoms with E-state index >= 15 is 0 Å². The third kappa shape index (κ3) is 4.81. The molecule has 0 aliphatic heterocycles. The predicted octanol–water partition coefficient (Wildman–Crippen LogP) is 4.69. The molecule has 3 aromatic rings. The van der Waals surface area contributed by atoms with Crippen molar-refractivity contribution in [2.75, 3.05) is 13.7 Å². The SMILES string of the molecule is CCOc1ccc(CN[C@@H](Cc2ccsc2)c2nccs2)cc1OC. The summed E-state index contributed by atoms with van der Waals surface area (Å²) in [5.74, 6) is 1.55. The van der Waals surface area contributed by atoms with Gasteiger partial charge in [0.05, 0.1) is 19.8 Å². The molecule has 1 aromatic carbocycles. The first-order chi connectivity index (χ1) is 12.3. The molecule has 0 spiro atoms. The maximum absolute atomic E-state index is 5.58. The normalized spacial score (nSPS) is 12.1. The fourth-order valence-electron chi connectivity index (χ4n) is 2.64. The summed E-state index contributed by atoms with van der Waals surface area (Å²) < 4.78 is 11.0. The maximum Gasteiger partial charge on any atom is 0.161 e. The van der Waals surface area contributed by atoms with Crippen molar-refractivity contribution in [3.63, 3.8) is 0 Å². The van der Waals surface area contributed by atoms with Crippen LogP contribution < -0.4 is 14.8 Å². The lowest BCUT2D eigenvalue weighted by Gasteiger charge is -2.17. The second-order valence-corrected chi connectivity index (χ2v) is 7.26. The average molecular weight is 375 g/mol. The van der Waals surface area contributed by atoms with Crippen molar-refractivity contribution in [3.8, 4) is 11.5 Å². The second kappa shape index (κ2) is 8.99. The molecular formula is C19H22N2O2S2. The predicted molar refractivity (Wildman–Crippen MR) is 104 cm³/mol. The smallest absolute Gasteiger partial charge is 0.161 e. The Labute approximate surface area is 156 Å². The van der Waals surface area contributed by atoms with Gasteiger partial charge in [-0.25, -0.2) is 4.98 Å². The topological polar surface area (TPSA) is 43.4 Å². The van der Waals surface area contributed by atoms with Crippen molar-refractivity contribution in [1.82, 2.24) is 10.3 Å². The van der Waals surface area contributed by atoms with Crippen molar-refractivity contribution >= 4 is 22.7 Å². The number of ether oxygens (including phenoxy) is 2. The quantitative estimate of drug-likeness (QED) is 0.590. The lowest BCUT2D eigenvalue weighted by atomic mass is 10.1. The number of hydrogen-bond acceptors (Lipinski definition) is 6. The van der Waals surface area contributed by atoms with E-state index < -0.39 is 0 Å². The van der Waals surface area contributed by atoms with Gasteiger partial charge in [0.15, 0.2) is 11.5 Å². The van der Waals surface area contributed by atoms with Crippen molar-refractivity contribution in [1.29, 1.82) is 0 Å². The summed E-state index contributed by atoms with van der Waals surface area (Å²) in [6, 6.07) is 8.45. The Morgan fingerprint density at radius 3 is 2.76 bits per heavy atom. The molecule has 0 fully saturated rings. The van der Waals surface area contributed by atoms with Crippen molar-refractivity contribution in [3.05, 3.63) is 62.7 Å². The third-order valence-corrected chi connectivity index (χ3v) is 5.47. The summed E-state index contributed by atoms with van der Waals surface area (Å²) >= 11 is 3.42. The summed E-state index contributed by atoms with van der Waals surface area (Å²) in [5.41, 5.74) is 2.49. The lowest BCUT2D eigenvalue weighted by Crippen LogP contribution is -2.22. The molecule has 0 saturated heterocycles. The van der Waals surface area contributed by atoms with Gasteiger partial charge in [-0.2, -0.15) is 11.3 Å². The fourth-order valence-corrected chi connectivity index (χ4v) is 4.03. The van der Waals surface area contributed by atoms with Gasteiger partial charge < -0.3 is 14.8 Å². The Bertz CT molecular complexity index is 758. The Morgan fingerprint density at radius 2 is 2.08 bits per heavy atom. The van der Waals surface area contributed by atoms with Crippen LogP contribution in [0.2, 0.25) is 0 Å². The van der Waals surface area contributed by atoms with E-state index in [0.717, 1.165) is 35.0 Å². The fraction of sp³-hybridized carbons (Fsp3) is 0.316. The van der Waals surface area contributed by atoms with E-state index in [1.807, 2.05) is 30.6 Å². The Balaban J connectivity index is 1.70. The first-order valence-corrected chi connectivity index (χ1v) is 10.1. The summed E-state index contributed by atoms with van der Waals surface area (Å²) in [6.45, 7) is 3.34. The van der Waals surface area contributed by atoms with Crippen LogP contribution in [-0.2, 0) is 13.0 Å². The number of hydrogen-bond donors (Lipinski definition) is 1. The summed E-state index contributed by atoms with van der Waals surface area (Å²) in [7, 11) is 1.67. The molecule has 2 aromatic heterocycles. The molecule has 0 unspecified atom stereocenters. The zero-order chi connectivity index (χ0) is 17.5. The highest BCUT2D eigenvalue weighted by atomic mass is 32.1. The van der Waals surface area contributed by atoms with Crippen LogP contribution in [0.5, 0.6) is 11.5 Å². The van der Waals surface area contributed by atoms with Gasteiger partial charge in [-0.15, -0.1) is 11.3 Å². The van der Waals surface area contributed by atoms with Gasteiger partial charge >= 0.3 is 0 Å². The molecule has 0 saturated carbocycles. The van der Waals surface area contributed by atoms with Crippen LogP contribution in [0.1, 0.15) is 29.1 Å². The number of nitrogens with zero attached hydrogens (tertiary/aromatic N) is 1. The lowest BCUT2D eigenvalue weighted by molar-refractivity contribution is 0.310. The van der Waals surface area contributed by atoms with E-state index in [2.05, 4.69) is 33.2 Å². The highest BCUT2D eigenvalue weighted by Gasteiger charge is 2.15. The van der Waals surface area contributed by atoms with Crippen molar-refractivity contribution in [2.24, 2.45) is 0 Å². The Kier molecular flexibility index (Phi) is 6.44. The van der Waals surface area contributed by atoms with Gasteiger partial charge in [-0.1, -0.05) is 6.07 Å². The van der Waals surface area contributed by atoms with Gasteiger partial charge in [0.1, 0.15) is 5.01 Å². The zero-order valence-corrected chi connectivity index (χ0v) is 16.0. The first-order valence-electron chi connectivity index (χ1n) is 8.23. The third-order valence-electron chi connectivity index (χ3n) is 3.85. The monoisotopic (exact) mass is 374 g/mol. The van der Waals surface area contributed by atoms with Gasteiger partial charge in [0.2, 0.25) is 0 Å². The van der Waals surface area contributed by atoms with E-state index in [1.165, 1.54) is 5.56 Å². The van der Waals surface area contributed by atoms with Gasteiger partial charge in [-0.3, -0.25) is 0 Å². The number of benzene rings is 1. The average Bonchev–Trinajstić information content (AvgIpc) is 3.33. The van der Waals surface area contributed by atoms with Crippen molar-refractivity contribution < 1.29 is 9.47 Å². The molecule has 1 N–H and O–H groups in total. The van der Waals surface area contributed by atoms with Gasteiger partial charge in [-0.05, 0) is 53.4 Å². The molecule has 0 amide bonds. The molecule has 25 heavy (non-hydrogen) atoms. The molecule has 3 rings (SSSR count). The standard InChI is InChI=1S/C19H22N2O2S2/c1-3-23-17-5-4-14(11-18(17)22-2)12-21-16(19-20-7-9-25-19)10-15-6-8-24-13-15/h4-9,11,13,16,21H,3,10,12H2,1-2H3/t16-/m0/s1. The molecule has 0 aliphatic rings. The molecule has 132 valence electrons. The number of thiazole rings is 1. The van der Waals surface area contributed by atoms with E-state index in [1.54, 1.807) is 29.8 Å². The highest BCUT2D eigenvalue weighted by Crippen LogP contribution is 2.29. The van der Waals surface area contributed by atoms with Crippen LogP contribution >= 0.6 is 22.7 Å².